The first-order valence-corrected chi connectivity index (χ1v) is 7.09. The Balaban J connectivity index is 1.82. The van der Waals surface area contributed by atoms with Crippen LogP contribution in [-0.4, -0.2) is 50.3 Å². The predicted octanol–water partition coefficient (Wildman–Crippen LogP) is 2.31. The van der Waals surface area contributed by atoms with Gasteiger partial charge < -0.3 is 10.1 Å². The Hall–Kier alpha value is -1.76. The van der Waals surface area contributed by atoms with Gasteiger partial charge in [0.2, 0.25) is 0 Å². The number of carbonyl (C=O) groups is 1. The zero-order valence-electron chi connectivity index (χ0n) is 12.3. The number of halogens is 3. The molecule has 0 bridgehead atoms. The molecule has 2 rings (SSSR count). The Kier molecular flexibility index (Phi) is 5.28. The zero-order chi connectivity index (χ0) is 16.2. The van der Waals surface area contributed by atoms with Crippen LogP contribution in [0.3, 0.4) is 0 Å². The lowest BCUT2D eigenvalue weighted by atomic mass is 10.1. The van der Waals surface area contributed by atoms with E-state index >= 15 is 0 Å². The van der Waals surface area contributed by atoms with Crippen molar-refractivity contribution in [3.8, 4) is 5.75 Å². The monoisotopic (exact) mass is 316 g/mol. The van der Waals surface area contributed by atoms with Crippen LogP contribution < -0.4 is 10.1 Å². The second-order valence-corrected chi connectivity index (χ2v) is 5.42. The molecule has 0 aliphatic carbocycles. The molecular formula is C15H19F3N2O2. The Morgan fingerprint density at radius 3 is 2.82 bits per heavy atom. The summed E-state index contributed by atoms with van der Waals surface area (Å²) in [5.74, 6) is 0.248. The molecule has 1 aliphatic rings. The van der Waals surface area contributed by atoms with Gasteiger partial charge in [0.25, 0.3) is 5.91 Å². The van der Waals surface area contributed by atoms with E-state index in [-0.39, 0.29) is 11.8 Å². The molecule has 1 N–H and O–H groups in total. The Labute approximate surface area is 127 Å². The van der Waals surface area contributed by atoms with Crippen LogP contribution in [0.5, 0.6) is 5.75 Å². The molecule has 7 heteroatoms. The van der Waals surface area contributed by atoms with Gasteiger partial charge >= 0.3 is 6.18 Å². The van der Waals surface area contributed by atoms with Gasteiger partial charge in [-0.25, -0.2) is 0 Å². The summed E-state index contributed by atoms with van der Waals surface area (Å²) in [4.78, 5) is 13.5. The third-order valence-corrected chi connectivity index (χ3v) is 3.68. The third-order valence-electron chi connectivity index (χ3n) is 3.68. The first kappa shape index (κ1) is 16.6. The summed E-state index contributed by atoms with van der Waals surface area (Å²) >= 11 is 0. The van der Waals surface area contributed by atoms with E-state index in [0.29, 0.717) is 37.4 Å². The predicted molar refractivity (Wildman–Crippen MR) is 75.9 cm³/mol. The van der Waals surface area contributed by atoms with Gasteiger partial charge in [0.15, 0.2) is 0 Å². The normalized spacial score (nSPS) is 19.2. The van der Waals surface area contributed by atoms with Crippen molar-refractivity contribution in [3.63, 3.8) is 0 Å². The molecule has 122 valence electrons. The Bertz CT molecular complexity index is 520. The summed E-state index contributed by atoms with van der Waals surface area (Å²) in [7, 11) is 1.48. The SMILES string of the molecule is COc1ccccc1C(=O)NCC1CCN(CC(F)(F)F)C1. The van der Waals surface area contributed by atoms with Gasteiger partial charge in [-0.3, -0.25) is 9.69 Å². The van der Waals surface area contributed by atoms with Crippen molar-refractivity contribution in [1.82, 2.24) is 10.2 Å². The largest absolute Gasteiger partial charge is 0.496 e. The molecule has 0 saturated carbocycles. The van der Waals surface area contributed by atoms with E-state index in [9.17, 15) is 18.0 Å². The highest BCUT2D eigenvalue weighted by molar-refractivity contribution is 5.96. The molecule has 1 unspecified atom stereocenters. The summed E-state index contributed by atoms with van der Waals surface area (Å²) in [5, 5.41) is 2.77. The van der Waals surface area contributed by atoms with Crippen LogP contribution in [0, 0.1) is 5.92 Å². The quantitative estimate of drug-likeness (QED) is 0.906. The van der Waals surface area contributed by atoms with Crippen LogP contribution >= 0.6 is 0 Å². The van der Waals surface area contributed by atoms with Crippen molar-refractivity contribution in [2.75, 3.05) is 33.3 Å². The van der Waals surface area contributed by atoms with Crippen LogP contribution in [0.25, 0.3) is 0 Å². The maximum absolute atomic E-state index is 12.3. The third kappa shape index (κ3) is 4.62. The number of hydrogen-bond acceptors (Lipinski definition) is 3. The smallest absolute Gasteiger partial charge is 0.401 e. The molecule has 0 spiro atoms. The van der Waals surface area contributed by atoms with Gasteiger partial charge in [-0.1, -0.05) is 12.1 Å². The van der Waals surface area contributed by atoms with Crippen molar-refractivity contribution in [3.05, 3.63) is 29.8 Å². The molecule has 1 atom stereocenters. The van der Waals surface area contributed by atoms with Crippen LogP contribution in [0.1, 0.15) is 16.8 Å². The summed E-state index contributed by atoms with van der Waals surface area (Å²) < 4.78 is 42.1. The number of methoxy groups -OCH3 is 1. The summed E-state index contributed by atoms with van der Waals surface area (Å²) in [5.41, 5.74) is 0.426. The maximum atomic E-state index is 12.3. The van der Waals surface area contributed by atoms with Gasteiger partial charge in [-0.15, -0.1) is 0 Å². The van der Waals surface area contributed by atoms with E-state index in [1.165, 1.54) is 12.0 Å². The number of nitrogens with zero attached hydrogens (tertiary/aromatic N) is 1. The fraction of sp³-hybridized carbons (Fsp3) is 0.533. The molecule has 4 nitrogen and oxygen atoms in total. The summed E-state index contributed by atoms with van der Waals surface area (Å²) in [6, 6.07) is 6.84. The lowest BCUT2D eigenvalue weighted by Crippen LogP contribution is -2.34. The molecule has 22 heavy (non-hydrogen) atoms. The van der Waals surface area contributed by atoms with Crippen LogP contribution in [0.15, 0.2) is 24.3 Å². The number of likely N-dealkylation sites (tertiary alicyclic amines) is 1. The number of carbonyl (C=O) groups excluding carboxylic acids is 1. The fourth-order valence-electron chi connectivity index (χ4n) is 2.64. The van der Waals surface area contributed by atoms with Crippen molar-refractivity contribution >= 4 is 5.91 Å². The van der Waals surface area contributed by atoms with E-state index in [1.54, 1.807) is 24.3 Å². The van der Waals surface area contributed by atoms with E-state index in [4.69, 9.17) is 4.74 Å². The standard InChI is InChI=1S/C15H19F3N2O2/c1-22-13-5-3-2-4-12(13)14(21)19-8-11-6-7-20(9-11)10-15(16,17)18/h2-5,11H,6-10H2,1H3,(H,19,21). The van der Waals surface area contributed by atoms with Gasteiger partial charge in [0.1, 0.15) is 5.75 Å². The van der Waals surface area contributed by atoms with Crippen LogP contribution in [0.2, 0.25) is 0 Å². The van der Waals surface area contributed by atoms with E-state index < -0.39 is 12.7 Å². The minimum Gasteiger partial charge on any atom is -0.496 e. The second kappa shape index (κ2) is 7.00. The number of nitrogens with one attached hydrogen (secondary N) is 1. The fourth-order valence-corrected chi connectivity index (χ4v) is 2.64. The van der Waals surface area contributed by atoms with Gasteiger partial charge in [0, 0.05) is 13.1 Å². The first-order chi connectivity index (χ1) is 10.4. The van der Waals surface area contributed by atoms with Gasteiger partial charge in [-0.05, 0) is 31.0 Å². The minimum atomic E-state index is -4.17. The highest BCUT2D eigenvalue weighted by Crippen LogP contribution is 2.23. The summed E-state index contributed by atoms with van der Waals surface area (Å²) in [6.07, 6.45) is -3.52. The Morgan fingerprint density at radius 2 is 2.14 bits per heavy atom. The molecule has 1 saturated heterocycles. The molecule has 0 radical (unpaired) electrons. The van der Waals surface area contributed by atoms with Crippen molar-refractivity contribution < 1.29 is 22.7 Å². The average molecular weight is 316 g/mol. The Morgan fingerprint density at radius 1 is 1.41 bits per heavy atom. The average Bonchev–Trinajstić information content (AvgIpc) is 2.90. The number of para-hydroxylation sites is 1. The summed E-state index contributed by atoms with van der Waals surface area (Å²) in [6.45, 7) is 0.246. The highest BCUT2D eigenvalue weighted by Gasteiger charge is 2.34. The second-order valence-electron chi connectivity index (χ2n) is 5.42. The number of benzene rings is 1. The zero-order valence-corrected chi connectivity index (χ0v) is 12.3. The molecule has 1 heterocycles. The molecule has 1 amide bonds. The lowest BCUT2D eigenvalue weighted by molar-refractivity contribution is -0.143. The lowest BCUT2D eigenvalue weighted by Gasteiger charge is -2.18. The number of hydrogen-bond donors (Lipinski definition) is 1. The minimum absolute atomic E-state index is 0.0426. The van der Waals surface area contributed by atoms with Crippen LogP contribution in [-0.2, 0) is 0 Å². The molecule has 1 aromatic rings. The van der Waals surface area contributed by atoms with Gasteiger partial charge in [0.05, 0.1) is 19.2 Å². The number of amides is 1. The van der Waals surface area contributed by atoms with Crippen molar-refractivity contribution in [2.45, 2.75) is 12.6 Å². The number of rotatable bonds is 5. The van der Waals surface area contributed by atoms with Gasteiger partial charge in [-0.2, -0.15) is 13.2 Å². The number of ether oxygens (including phenoxy) is 1. The van der Waals surface area contributed by atoms with Crippen LogP contribution in [0.4, 0.5) is 13.2 Å². The maximum Gasteiger partial charge on any atom is 0.401 e. The molecule has 1 fully saturated rings. The van der Waals surface area contributed by atoms with Crippen molar-refractivity contribution in [2.24, 2.45) is 5.92 Å². The highest BCUT2D eigenvalue weighted by atomic mass is 19.4. The van der Waals surface area contributed by atoms with Crippen molar-refractivity contribution in [1.29, 1.82) is 0 Å². The van der Waals surface area contributed by atoms with E-state index in [1.807, 2.05) is 0 Å². The molecule has 1 aliphatic heterocycles. The number of alkyl halides is 3. The molecule has 1 aromatic carbocycles. The van der Waals surface area contributed by atoms with E-state index in [0.717, 1.165) is 0 Å². The van der Waals surface area contributed by atoms with E-state index in [2.05, 4.69) is 5.32 Å². The molecule has 0 aromatic heterocycles. The topological polar surface area (TPSA) is 41.6 Å². The molecular weight excluding hydrogens is 297 g/mol. The first-order valence-electron chi connectivity index (χ1n) is 7.09.